The van der Waals surface area contributed by atoms with Gasteiger partial charge in [-0.1, -0.05) is 60.3 Å². The molecule has 2 aliphatic rings. The average Bonchev–Trinajstić information content (AvgIpc) is 3.40. The Morgan fingerprint density at radius 1 is 1.11 bits per heavy atom. The molecule has 5 N–H and O–H groups in total. The van der Waals surface area contributed by atoms with Crippen LogP contribution in [0.15, 0.2) is 42.5 Å². The van der Waals surface area contributed by atoms with Gasteiger partial charge in [-0.05, 0) is 68.0 Å². The maximum absolute atomic E-state index is 14.2. The molecular formula is C28H36Cl2N4O3. The van der Waals surface area contributed by atoms with Crippen molar-refractivity contribution in [2.24, 2.45) is 5.73 Å². The van der Waals surface area contributed by atoms with Gasteiger partial charge in [0.2, 0.25) is 0 Å². The quantitative estimate of drug-likeness (QED) is 0.224. The third kappa shape index (κ3) is 6.91. The second-order valence-electron chi connectivity index (χ2n) is 10.1. The van der Waals surface area contributed by atoms with Gasteiger partial charge in [0.05, 0.1) is 11.1 Å². The second kappa shape index (κ2) is 13.2. The summed E-state index contributed by atoms with van der Waals surface area (Å²) in [7, 11) is 0. The number of Topliss-reactive ketones (excluding diaryl/α,β-unsaturated/α-hetero) is 1. The van der Waals surface area contributed by atoms with Crippen molar-refractivity contribution in [2.45, 2.75) is 75.5 Å². The minimum Gasteiger partial charge on any atom is -0.480 e. The zero-order valence-corrected chi connectivity index (χ0v) is 22.5. The van der Waals surface area contributed by atoms with Crippen molar-refractivity contribution in [2.75, 3.05) is 13.1 Å². The summed E-state index contributed by atoms with van der Waals surface area (Å²) in [6, 6.07) is 11.9. The standard InChI is InChI=1S/C28H36Cl2N4O3/c29-19-12-13-22(24(30)15-19)27(35)26-23(16-32-20-8-2-3-9-20)21-10-4-1-7-18(21)17-34(26)33-25(28(36)37)11-5-6-14-31/h1,4,7,10,12-13,15,20,23,25-26,32-33H,2-3,5-6,8-9,11,14,16-17,31H2,(H,36,37)/t23?,25-,26?/m1/s1. The fraction of sp³-hybridized carbons (Fsp3) is 0.500. The first-order valence-corrected chi connectivity index (χ1v) is 13.9. The van der Waals surface area contributed by atoms with Crippen molar-refractivity contribution >= 4 is 35.0 Å². The number of benzene rings is 2. The Kier molecular flexibility index (Phi) is 9.98. The van der Waals surface area contributed by atoms with Gasteiger partial charge in [-0.15, -0.1) is 0 Å². The highest BCUT2D eigenvalue weighted by Gasteiger charge is 2.42. The molecule has 0 bridgehead atoms. The lowest BCUT2D eigenvalue weighted by Gasteiger charge is -2.43. The van der Waals surface area contributed by atoms with Crippen molar-refractivity contribution in [3.63, 3.8) is 0 Å². The molecule has 7 nitrogen and oxygen atoms in total. The summed E-state index contributed by atoms with van der Waals surface area (Å²) in [5, 5.41) is 16.2. The van der Waals surface area contributed by atoms with Crippen LogP contribution in [0, 0.1) is 0 Å². The Labute approximate surface area is 228 Å². The number of nitrogens with zero attached hydrogens (tertiary/aromatic N) is 1. The zero-order valence-electron chi connectivity index (χ0n) is 21.0. The highest BCUT2D eigenvalue weighted by atomic mass is 35.5. The van der Waals surface area contributed by atoms with Crippen LogP contribution in [0.3, 0.4) is 0 Å². The lowest BCUT2D eigenvalue weighted by molar-refractivity contribution is -0.142. The summed E-state index contributed by atoms with van der Waals surface area (Å²) in [6.07, 6.45) is 6.50. The molecule has 1 fully saturated rings. The van der Waals surface area contributed by atoms with Crippen LogP contribution in [0.4, 0.5) is 0 Å². The molecule has 0 amide bonds. The molecule has 4 rings (SSSR count). The second-order valence-corrected chi connectivity index (χ2v) is 10.9. The Bertz CT molecular complexity index is 1090. The minimum absolute atomic E-state index is 0.159. The molecule has 200 valence electrons. The van der Waals surface area contributed by atoms with E-state index in [0.717, 1.165) is 30.4 Å². The maximum atomic E-state index is 14.2. The number of fused-ring (bicyclic) bond motifs is 1. The molecule has 9 heteroatoms. The SMILES string of the molecule is NCCCC[C@@H](NN1Cc2ccccc2C(CNC2CCCC2)C1C(=O)c1ccc(Cl)cc1Cl)C(=O)O. The Morgan fingerprint density at radius 3 is 2.57 bits per heavy atom. The van der Waals surface area contributed by atoms with Crippen molar-refractivity contribution < 1.29 is 14.7 Å². The Morgan fingerprint density at radius 2 is 1.86 bits per heavy atom. The number of nitrogens with two attached hydrogens (primary N) is 1. The monoisotopic (exact) mass is 546 g/mol. The van der Waals surface area contributed by atoms with E-state index < -0.39 is 18.1 Å². The number of rotatable bonds is 12. The molecule has 1 heterocycles. The fourth-order valence-corrected chi connectivity index (χ4v) is 6.09. The van der Waals surface area contributed by atoms with Crippen LogP contribution >= 0.6 is 23.2 Å². The van der Waals surface area contributed by atoms with Crippen LogP contribution in [0.25, 0.3) is 0 Å². The third-order valence-electron chi connectivity index (χ3n) is 7.53. The van der Waals surface area contributed by atoms with Gasteiger partial charge in [0.1, 0.15) is 6.04 Å². The first kappa shape index (κ1) is 28.0. The third-order valence-corrected chi connectivity index (χ3v) is 8.07. The number of hydrogen-bond donors (Lipinski definition) is 4. The van der Waals surface area contributed by atoms with E-state index in [1.807, 2.05) is 23.2 Å². The van der Waals surface area contributed by atoms with Gasteiger partial charge in [-0.3, -0.25) is 9.59 Å². The minimum atomic E-state index is -0.952. The number of carboxylic acid groups (broad SMARTS) is 1. The smallest absolute Gasteiger partial charge is 0.322 e. The number of aliphatic carboxylic acids is 1. The normalized spacial score (nSPS) is 21.1. The Balaban J connectivity index is 1.71. The highest BCUT2D eigenvalue weighted by molar-refractivity contribution is 6.37. The number of ketones is 1. The van der Waals surface area contributed by atoms with Gasteiger partial charge < -0.3 is 16.2 Å². The number of carboxylic acids is 1. The zero-order chi connectivity index (χ0) is 26.4. The summed E-state index contributed by atoms with van der Waals surface area (Å²) in [5.41, 5.74) is 11.4. The molecule has 2 aromatic rings. The van der Waals surface area contributed by atoms with E-state index in [1.54, 1.807) is 18.2 Å². The molecule has 0 radical (unpaired) electrons. The van der Waals surface area contributed by atoms with Crippen molar-refractivity contribution in [3.05, 3.63) is 69.2 Å². The van der Waals surface area contributed by atoms with Crippen LogP contribution < -0.4 is 16.5 Å². The van der Waals surface area contributed by atoms with Gasteiger partial charge in [0.25, 0.3) is 0 Å². The van der Waals surface area contributed by atoms with Crippen LogP contribution in [-0.2, 0) is 11.3 Å². The predicted molar refractivity (Wildman–Crippen MR) is 147 cm³/mol. The average molecular weight is 548 g/mol. The molecule has 1 aliphatic carbocycles. The molecule has 0 spiro atoms. The van der Waals surface area contributed by atoms with E-state index in [0.29, 0.717) is 49.1 Å². The van der Waals surface area contributed by atoms with E-state index in [1.165, 1.54) is 12.8 Å². The molecule has 2 unspecified atom stereocenters. The summed E-state index contributed by atoms with van der Waals surface area (Å²) < 4.78 is 0. The first-order chi connectivity index (χ1) is 17.9. The van der Waals surface area contributed by atoms with Crippen LogP contribution in [0.2, 0.25) is 10.0 Å². The number of nitrogens with one attached hydrogen (secondary N) is 2. The van der Waals surface area contributed by atoms with E-state index in [9.17, 15) is 14.7 Å². The van der Waals surface area contributed by atoms with E-state index in [4.69, 9.17) is 28.9 Å². The van der Waals surface area contributed by atoms with E-state index >= 15 is 0 Å². The summed E-state index contributed by atoms with van der Waals surface area (Å²) in [6.45, 7) is 1.51. The first-order valence-electron chi connectivity index (χ1n) is 13.1. The highest BCUT2D eigenvalue weighted by Crippen LogP contribution is 2.36. The van der Waals surface area contributed by atoms with Gasteiger partial charge in [-0.2, -0.15) is 0 Å². The molecular weight excluding hydrogens is 511 g/mol. The summed E-state index contributed by atoms with van der Waals surface area (Å²) in [4.78, 5) is 26.3. The topological polar surface area (TPSA) is 108 Å². The lowest BCUT2D eigenvalue weighted by atomic mass is 9.80. The maximum Gasteiger partial charge on any atom is 0.322 e. The van der Waals surface area contributed by atoms with Crippen LogP contribution in [0.5, 0.6) is 0 Å². The van der Waals surface area contributed by atoms with Crippen molar-refractivity contribution in [3.8, 4) is 0 Å². The van der Waals surface area contributed by atoms with Crippen molar-refractivity contribution in [1.82, 2.24) is 15.8 Å². The van der Waals surface area contributed by atoms with Crippen LogP contribution in [0.1, 0.15) is 72.3 Å². The molecule has 1 aliphatic heterocycles. The number of carbonyl (C=O) groups is 2. The molecule has 37 heavy (non-hydrogen) atoms. The van der Waals surface area contributed by atoms with Crippen LogP contribution in [-0.4, -0.2) is 53.1 Å². The fourth-order valence-electron chi connectivity index (χ4n) is 5.59. The lowest BCUT2D eigenvalue weighted by Crippen LogP contribution is -2.60. The van der Waals surface area contributed by atoms with Gasteiger partial charge in [-0.25, -0.2) is 10.4 Å². The van der Waals surface area contributed by atoms with Gasteiger partial charge in [0.15, 0.2) is 5.78 Å². The molecule has 0 saturated heterocycles. The number of unbranched alkanes of at least 4 members (excludes halogenated alkanes) is 1. The molecule has 2 aromatic carbocycles. The van der Waals surface area contributed by atoms with Crippen molar-refractivity contribution in [1.29, 1.82) is 0 Å². The van der Waals surface area contributed by atoms with Gasteiger partial charge in [0, 0.05) is 35.6 Å². The number of halogens is 2. The number of carbonyl (C=O) groups excluding carboxylic acids is 1. The number of hydrogen-bond acceptors (Lipinski definition) is 6. The predicted octanol–water partition coefficient (Wildman–Crippen LogP) is 4.76. The largest absolute Gasteiger partial charge is 0.480 e. The summed E-state index contributed by atoms with van der Waals surface area (Å²) >= 11 is 12.6. The Hall–Kier alpha value is -2.00. The van der Waals surface area contributed by atoms with E-state index in [2.05, 4.69) is 16.8 Å². The molecule has 1 saturated carbocycles. The molecule has 0 aromatic heterocycles. The van der Waals surface area contributed by atoms with E-state index in [-0.39, 0.29) is 16.7 Å². The van der Waals surface area contributed by atoms with Gasteiger partial charge >= 0.3 is 5.97 Å². The number of hydrazine groups is 1. The molecule has 3 atom stereocenters. The summed E-state index contributed by atoms with van der Waals surface area (Å²) in [5.74, 6) is -1.31.